The van der Waals surface area contributed by atoms with Gasteiger partial charge in [-0.2, -0.15) is 0 Å². The molecule has 1 atom stereocenters. The number of carbonyl (C=O) groups excluding carboxylic acids is 1. The van der Waals surface area contributed by atoms with E-state index < -0.39 is 0 Å². The number of hydrogen-bond donors (Lipinski definition) is 2. The summed E-state index contributed by atoms with van der Waals surface area (Å²) in [5, 5.41) is 2.94. The Morgan fingerprint density at radius 3 is 2.56 bits per heavy atom. The molecule has 4 nitrogen and oxygen atoms in total. The summed E-state index contributed by atoms with van der Waals surface area (Å²) in [5.41, 5.74) is 5.69. The van der Waals surface area contributed by atoms with Gasteiger partial charge in [0.2, 0.25) is 5.91 Å². The van der Waals surface area contributed by atoms with Gasteiger partial charge in [-0.1, -0.05) is 13.8 Å². The van der Waals surface area contributed by atoms with Crippen molar-refractivity contribution in [1.82, 2.24) is 9.88 Å². The molecule has 4 heteroatoms. The van der Waals surface area contributed by atoms with E-state index in [4.69, 9.17) is 5.73 Å². The zero-order valence-corrected chi connectivity index (χ0v) is 11.4. The molecular weight excluding hydrogens is 226 g/mol. The number of amides is 1. The predicted octanol–water partition coefficient (Wildman–Crippen LogP) is 1.62. The van der Waals surface area contributed by atoms with E-state index in [1.54, 1.807) is 0 Å². The average Bonchev–Trinajstić information content (AvgIpc) is 2.80. The monoisotopic (exact) mass is 251 g/mol. The van der Waals surface area contributed by atoms with Crippen LogP contribution in [-0.2, 0) is 11.3 Å². The lowest BCUT2D eigenvalue weighted by Gasteiger charge is -2.16. The van der Waals surface area contributed by atoms with Crippen molar-refractivity contribution < 1.29 is 4.79 Å². The fourth-order valence-electron chi connectivity index (χ4n) is 2.11. The van der Waals surface area contributed by atoms with Crippen LogP contribution in [0, 0.1) is 11.8 Å². The molecule has 1 rings (SSSR count). The first kappa shape index (κ1) is 14.8. The highest BCUT2D eigenvalue weighted by Gasteiger charge is 2.13. The number of carbonyl (C=O) groups is 1. The van der Waals surface area contributed by atoms with Gasteiger partial charge in [0, 0.05) is 31.9 Å². The number of rotatable bonds is 8. The molecule has 0 aliphatic rings. The highest BCUT2D eigenvalue weighted by atomic mass is 16.1. The van der Waals surface area contributed by atoms with Crippen LogP contribution in [0.4, 0.5) is 0 Å². The summed E-state index contributed by atoms with van der Waals surface area (Å²) in [6.45, 7) is 6.39. The number of aromatic nitrogens is 1. The van der Waals surface area contributed by atoms with E-state index >= 15 is 0 Å². The van der Waals surface area contributed by atoms with Crippen molar-refractivity contribution in [2.45, 2.75) is 33.2 Å². The van der Waals surface area contributed by atoms with Crippen molar-refractivity contribution in [3.05, 3.63) is 24.5 Å². The molecule has 3 N–H and O–H groups in total. The van der Waals surface area contributed by atoms with E-state index in [9.17, 15) is 4.79 Å². The Labute approximate surface area is 110 Å². The van der Waals surface area contributed by atoms with E-state index in [1.807, 2.05) is 24.5 Å². The third kappa shape index (κ3) is 5.87. The molecule has 0 spiro atoms. The summed E-state index contributed by atoms with van der Waals surface area (Å²) in [6.07, 6.45) is 5.54. The van der Waals surface area contributed by atoms with Crippen molar-refractivity contribution in [2.75, 3.05) is 13.1 Å². The van der Waals surface area contributed by atoms with Crippen molar-refractivity contribution in [1.29, 1.82) is 0 Å². The molecule has 0 radical (unpaired) electrons. The van der Waals surface area contributed by atoms with Crippen LogP contribution in [0.15, 0.2) is 24.5 Å². The van der Waals surface area contributed by atoms with Gasteiger partial charge in [0.1, 0.15) is 0 Å². The van der Waals surface area contributed by atoms with E-state index in [1.165, 1.54) is 0 Å². The summed E-state index contributed by atoms with van der Waals surface area (Å²) in [4.78, 5) is 11.7. The molecule has 0 aliphatic carbocycles. The molecule has 0 aromatic carbocycles. The van der Waals surface area contributed by atoms with Gasteiger partial charge in [0.05, 0.1) is 0 Å². The van der Waals surface area contributed by atoms with Gasteiger partial charge in [-0.25, -0.2) is 0 Å². The second-order valence-electron chi connectivity index (χ2n) is 5.21. The summed E-state index contributed by atoms with van der Waals surface area (Å²) in [7, 11) is 0. The van der Waals surface area contributed by atoms with Gasteiger partial charge in [-0.05, 0) is 36.9 Å². The maximum Gasteiger partial charge on any atom is 0.220 e. The Morgan fingerprint density at radius 2 is 2.00 bits per heavy atom. The Hall–Kier alpha value is -1.29. The topological polar surface area (TPSA) is 60.1 Å². The van der Waals surface area contributed by atoms with Crippen LogP contribution in [0.1, 0.15) is 26.7 Å². The van der Waals surface area contributed by atoms with Crippen molar-refractivity contribution in [3.63, 3.8) is 0 Å². The summed E-state index contributed by atoms with van der Waals surface area (Å²) >= 11 is 0. The maximum absolute atomic E-state index is 11.7. The van der Waals surface area contributed by atoms with Crippen molar-refractivity contribution >= 4 is 5.91 Å². The Balaban J connectivity index is 2.19. The lowest BCUT2D eigenvalue weighted by atomic mass is 9.94. The Kier molecular flexibility index (Phi) is 6.50. The molecule has 0 fully saturated rings. The SMILES string of the molecule is CC(C)C[C@H](CN)CC(=O)NCCn1cccc1. The average molecular weight is 251 g/mol. The van der Waals surface area contributed by atoms with E-state index in [0.717, 1.165) is 13.0 Å². The third-order valence-electron chi connectivity index (χ3n) is 2.97. The molecule has 0 saturated carbocycles. The van der Waals surface area contributed by atoms with Gasteiger partial charge in [0.25, 0.3) is 0 Å². The summed E-state index contributed by atoms with van der Waals surface area (Å²) in [5.74, 6) is 1.00. The van der Waals surface area contributed by atoms with Crippen molar-refractivity contribution in [2.24, 2.45) is 17.6 Å². The lowest BCUT2D eigenvalue weighted by molar-refractivity contribution is -0.122. The largest absolute Gasteiger partial charge is 0.354 e. The molecular formula is C14H25N3O. The standard InChI is InChI=1S/C14H25N3O/c1-12(2)9-13(11-15)10-14(18)16-5-8-17-6-3-4-7-17/h3-4,6-7,12-13H,5,8-11,15H2,1-2H3,(H,16,18)/t13-/m0/s1. The van der Waals surface area contributed by atoms with Gasteiger partial charge >= 0.3 is 0 Å². The zero-order valence-electron chi connectivity index (χ0n) is 11.4. The fraction of sp³-hybridized carbons (Fsp3) is 0.643. The minimum Gasteiger partial charge on any atom is -0.354 e. The number of nitrogens with one attached hydrogen (secondary N) is 1. The predicted molar refractivity (Wildman–Crippen MR) is 74.1 cm³/mol. The molecule has 102 valence electrons. The quantitative estimate of drug-likeness (QED) is 0.737. The molecule has 0 aliphatic heterocycles. The van der Waals surface area contributed by atoms with Crippen LogP contribution in [0.5, 0.6) is 0 Å². The molecule has 1 aromatic rings. The smallest absolute Gasteiger partial charge is 0.220 e. The van der Waals surface area contributed by atoms with Gasteiger partial charge in [0.15, 0.2) is 0 Å². The lowest BCUT2D eigenvalue weighted by Crippen LogP contribution is -2.31. The zero-order chi connectivity index (χ0) is 13.4. The van der Waals surface area contributed by atoms with Crippen LogP contribution < -0.4 is 11.1 Å². The highest BCUT2D eigenvalue weighted by molar-refractivity contribution is 5.76. The number of nitrogens with two attached hydrogens (primary N) is 1. The summed E-state index contributed by atoms with van der Waals surface area (Å²) < 4.78 is 2.05. The van der Waals surface area contributed by atoms with E-state index in [2.05, 4.69) is 23.7 Å². The molecule has 1 heterocycles. The molecule has 1 amide bonds. The van der Waals surface area contributed by atoms with Gasteiger partial charge in [-0.3, -0.25) is 4.79 Å². The van der Waals surface area contributed by atoms with Crippen molar-refractivity contribution in [3.8, 4) is 0 Å². The Morgan fingerprint density at radius 1 is 1.33 bits per heavy atom. The van der Waals surface area contributed by atoms with Gasteiger partial charge < -0.3 is 15.6 Å². The number of hydrogen-bond acceptors (Lipinski definition) is 2. The molecule has 0 bridgehead atoms. The van der Waals surface area contributed by atoms with Crippen LogP contribution in [-0.4, -0.2) is 23.6 Å². The third-order valence-corrected chi connectivity index (χ3v) is 2.97. The van der Waals surface area contributed by atoms with Crippen LogP contribution in [0.25, 0.3) is 0 Å². The first-order valence-electron chi connectivity index (χ1n) is 6.69. The van der Waals surface area contributed by atoms with Gasteiger partial charge in [-0.15, -0.1) is 0 Å². The minimum atomic E-state index is 0.109. The molecule has 0 unspecified atom stereocenters. The second-order valence-corrected chi connectivity index (χ2v) is 5.21. The first-order chi connectivity index (χ1) is 8.61. The van der Waals surface area contributed by atoms with Crippen LogP contribution in [0.3, 0.4) is 0 Å². The molecule has 1 aromatic heterocycles. The normalized spacial score (nSPS) is 12.7. The highest BCUT2D eigenvalue weighted by Crippen LogP contribution is 2.13. The fourth-order valence-corrected chi connectivity index (χ4v) is 2.11. The molecule has 0 saturated heterocycles. The molecule has 18 heavy (non-hydrogen) atoms. The maximum atomic E-state index is 11.7. The van der Waals surface area contributed by atoms with Crippen LogP contribution >= 0.6 is 0 Å². The summed E-state index contributed by atoms with van der Waals surface area (Å²) in [6, 6.07) is 3.96. The van der Waals surface area contributed by atoms with Crippen LogP contribution in [0.2, 0.25) is 0 Å². The Bertz CT molecular complexity index is 333. The number of nitrogens with zero attached hydrogens (tertiary/aromatic N) is 1. The first-order valence-corrected chi connectivity index (χ1v) is 6.69. The minimum absolute atomic E-state index is 0.109. The van der Waals surface area contributed by atoms with E-state index in [-0.39, 0.29) is 5.91 Å². The van der Waals surface area contributed by atoms with E-state index in [0.29, 0.717) is 31.3 Å². The second kappa shape index (κ2) is 7.93.